The Bertz CT molecular complexity index is 1170. The molecule has 3 aromatic rings. The number of carbonyl (C=O) groups excluding carboxylic acids is 2. The fourth-order valence-electron chi connectivity index (χ4n) is 3.18. The van der Waals surface area contributed by atoms with Gasteiger partial charge in [-0.25, -0.2) is 4.39 Å². The summed E-state index contributed by atoms with van der Waals surface area (Å²) in [7, 11) is 0. The van der Waals surface area contributed by atoms with E-state index >= 15 is 0 Å². The van der Waals surface area contributed by atoms with Crippen LogP contribution in [0.4, 0.5) is 4.39 Å². The minimum absolute atomic E-state index is 0.0483. The molecule has 0 bridgehead atoms. The van der Waals surface area contributed by atoms with E-state index in [1.165, 1.54) is 30.3 Å². The van der Waals surface area contributed by atoms with Gasteiger partial charge >= 0.3 is 5.97 Å². The minimum Gasteiger partial charge on any atom is -0.452 e. The van der Waals surface area contributed by atoms with E-state index < -0.39 is 17.6 Å². The number of Topliss-reactive ketones (excluding diaryl/α,β-unsaturated/α-hetero) is 1. The molecular weight excluding hydrogens is 407 g/mol. The number of allylic oxidation sites excluding steroid dienone is 1. The number of carbonyl (C=O) groups is 2. The lowest BCUT2D eigenvalue weighted by atomic mass is 10.1. The molecule has 0 saturated heterocycles. The SMILES string of the molecule is Cc1c(OC(=O)Cc2ccccc2)ccc2c1O/C(=C\c1c(F)cccc1Cl)C2=O. The topological polar surface area (TPSA) is 52.6 Å². The van der Waals surface area contributed by atoms with Crippen LogP contribution in [-0.4, -0.2) is 11.8 Å². The molecule has 4 rings (SSSR count). The van der Waals surface area contributed by atoms with Crippen molar-refractivity contribution in [3.63, 3.8) is 0 Å². The Morgan fingerprint density at radius 1 is 1.10 bits per heavy atom. The quantitative estimate of drug-likeness (QED) is 0.314. The van der Waals surface area contributed by atoms with Crippen molar-refractivity contribution < 1.29 is 23.5 Å². The summed E-state index contributed by atoms with van der Waals surface area (Å²) in [5, 5.41) is 0.169. The Morgan fingerprint density at radius 3 is 2.60 bits per heavy atom. The van der Waals surface area contributed by atoms with E-state index in [0.29, 0.717) is 16.9 Å². The summed E-state index contributed by atoms with van der Waals surface area (Å²) in [6.45, 7) is 1.69. The van der Waals surface area contributed by atoms with Gasteiger partial charge in [-0.1, -0.05) is 48.0 Å². The number of rotatable bonds is 4. The molecule has 0 N–H and O–H groups in total. The molecular formula is C24H16ClFO4. The van der Waals surface area contributed by atoms with Crippen molar-refractivity contribution >= 4 is 29.4 Å². The van der Waals surface area contributed by atoms with Gasteiger partial charge in [0.25, 0.3) is 0 Å². The van der Waals surface area contributed by atoms with Gasteiger partial charge < -0.3 is 9.47 Å². The lowest BCUT2D eigenvalue weighted by Crippen LogP contribution is -2.12. The molecule has 1 heterocycles. The Labute approximate surface area is 177 Å². The molecule has 1 aliphatic heterocycles. The van der Waals surface area contributed by atoms with Crippen LogP contribution in [0.2, 0.25) is 5.02 Å². The van der Waals surface area contributed by atoms with Crippen LogP contribution in [0.5, 0.6) is 11.5 Å². The summed E-state index contributed by atoms with van der Waals surface area (Å²) in [5.41, 5.74) is 1.72. The van der Waals surface area contributed by atoms with E-state index in [-0.39, 0.29) is 28.5 Å². The van der Waals surface area contributed by atoms with Gasteiger partial charge in [0.2, 0.25) is 5.78 Å². The Morgan fingerprint density at radius 2 is 1.87 bits per heavy atom. The molecule has 0 radical (unpaired) electrons. The highest BCUT2D eigenvalue weighted by atomic mass is 35.5. The zero-order chi connectivity index (χ0) is 21.3. The maximum atomic E-state index is 14.1. The van der Waals surface area contributed by atoms with Gasteiger partial charge in [-0.3, -0.25) is 9.59 Å². The van der Waals surface area contributed by atoms with Gasteiger partial charge in [0.05, 0.1) is 17.0 Å². The summed E-state index contributed by atoms with van der Waals surface area (Å²) >= 11 is 6.04. The third-order valence-corrected chi connectivity index (χ3v) is 5.06. The lowest BCUT2D eigenvalue weighted by Gasteiger charge is -2.10. The zero-order valence-electron chi connectivity index (χ0n) is 15.9. The van der Waals surface area contributed by atoms with Crippen molar-refractivity contribution in [3.05, 3.63) is 99.5 Å². The molecule has 3 aromatic carbocycles. The van der Waals surface area contributed by atoms with Crippen molar-refractivity contribution in [2.75, 3.05) is 0 Å². The number of ketones is 1. The second-order valence-corrected chi connectivity index (χ2v) is 7.18. The van der Waals surface area contributed by atoms with E-state index in [9.17, 15) is 14.0 Å². The van der Waals surface area contributed by atoms with E-state index in [4.69, 9.17) is 21.1 Å². The van der Waals surface area contributed by atoms with Crippen LogP contribution in [0, 0.1) is 12.7 Å². The van der Waals surface area contributed by atoms with E-state index in [1.54, 1.807) is 13.0 Å². The van der Waals surface area contributed by atoms with E-state index in [2.05, 4.69) is 0 Å². The fraction of sp³-hybridized carbons (Fsp3) is 0.0833. The third-order valence-electron chi connectivity index (χ3n) is 4.73. The van der Waals surface area contributed by atoms with Crippen LogP contribution < -0.4 is 9.47 Å². The van der Waals surface area contributed by atoms with Gasteiger partial charge in [0, 0.05) is 11.1 Å². The smallest absolute Gasteiger partial charge is 0.315 e. The number of halogens is 2. The molecule has 0 fully saturated rings. The highest BCUT2D eigenvalue weighted by Crippen LogP contribution is 2.39. The molecule has 0 saturated carbocycles. The Kier molecular flexibility index (Phi) is 5.38. The lowest BCUT2D eigenvalue weighted by molar-refractivity contribution is -0.133. The van der Waals surface area contributed by atoms with Crippen LogP contribution >= 0.6 is 11.6 Å². The molecule has 0 aliphatic carbocycles. The first-order valence-corrected chi connectivity index (χ1v) is 9.58. The molecule has 150 valence electrons. The molecule has 0 unspecified atom stereocenters. The first-order valence-electron chi connectivity index (χ1n) is 9.20. The highest BCUT2D eigenvalue weighted by Gasteiger charge is 2.31. The predicted octanol–water partition coefficient (Wildman–Crippen LogP) is 5.55. The first-order chi connectivity index (χ1) is 14.4. The summed E-state index contributed by atoms with van der Waals surface area (Å²) in [4.78, 5) is 25.0. The fourth-order valence-corrected chi connectivity index (χ4v) is 3.40. The van der Waals surface area contributed by atoms with Crippen LogP contribution in [0.25, 0.3) is 6.08 Å². The zero-order valence-corrected chi connectivity index (χ0v) is 16.7. The first kappa shape index (κ1) is 19.9. The standard InChI is InChI=1S/C24H16ClFO4/c1-14-20(29-22(27)12-15-6-3-2-4-7-15)11-10-16-23(28)21(30-24(14)16)13-17-18(25)8-5-9-19(17)26/h2-11,13H,12H2,1H3/b21-13-. The van der Waals surface area contributed by atoms with Crippen LogP contribution in [0.15, 0.2) is 66.4 Å². The summed E-state index contributed by atoms with van der Waals surface area (Å²) in [6.07, 6.45) is 1.40. The monoisotopic (exact) mass is 422 g/mol. The largest absolute Gasteiger partial charge is 0.452 e. The van der Waals surface area contributed by atoms with E-state index in [1.807, 2.05) is 30.3 Å². The maximum absolute atomic E-state index is 14.1. The van der Waals surface area contributed by atoms with Gasteiger partial charge in [-0.2, -0.15) is 0 Å². The number of hydrogen-bond acceptors (Lipinski definition) is 4. The van der Waals surface area contributed by atoms with Crippen molar-refractivity contribution in [1.82, 2.24) is 0 Å². The number of ether oxygens (including phenoxy) is 2. The van der Waals surface area contributed by atoms with Gasteiger partial charge in [-0.05, 0) is 42.8 Å². The van der Waals surface area contributed by atoms with Crippen LogP contribution in [0.3, 0.4) is 0 Å². The molecule has 0 aromatic heterocycles. The van der Waals surface area contributed by atoms with Gasteiger partial charge in [0.15, 0.2) is 5.76 Å². The summed E-state index contributed by atoms with van der Waals surface area (Å²) in [6, 6.07) is 16.6. The molecule has 30 heavy (non-hydrogen) atoms. The second-order valence-electron chi connectivity index (χ2n) is 6.78. The highest BCUT2D eigenvalue weighted by molar-refractivity contribution is 6.32. The Balaban J connectivity index is 1.59. The maximum Gasteiger partial charge on any atom is 0.315 e. The van der Waals surface area contributed by atoms with Crippen molar-refractivity contribution in [1.29, 1.82) is 0 Å². The number of fused-ring (bicyclic) bond motifs is 1. The van der Waals surface area contributed by atoms with Crippen LogP contribution in [0.1, 0.15) is 27.0 Å². The predicted molar refractivity (Wildman–Crippen MR) is 111 cm³/mol. The summed E-state index contributed by atoms with van der Waals surface area (Å²) < 4.78 is 25.2. The van der Waals surface area contributed by atoms with Gasteiger partial charge in [0.1, 0.15) is 17.3 Å². The number of hydrogen-bond donors (Lipinski definition) is 0. The normalized spacial score (nSPS) is 13.8. The van der Waals surface area contributed by atoms with Crippen LogP contribution in [-0.2, 0) is 11.2 Å². The second kappa shape index (κ2) is 8.13. The molecule has 6 heteroatoms. The molecule has 0 spiro atoms. The molecule has 4 nitrogen and oxygen atoms in total. The average molecular weight is 423 g/mol. The molecule has 0 atom stereocenters. The average Bonchev–Trinajstić information content (AvgIpc) is 3.04. The van der Waals surface area contributed by atoms with Crippen molar-refractivity contribution in [3.8, 4) is 11.5 Å². The van der Waals surface area contributed by atoms with E-state index in [0.717, 1.165) is 5.56 Å². The molecule has 1 aliphatic rings. The van der Waals surface area contributed by atoms with Crippen molar-refractivity contribution in [2.45, 2.75) is 13.3 Å². The molecule has 0 amide bonds. The van der Waals surface area contributed by atoms with Gasteiger partial charge in [-0.15, -0.1) is 0 Å². The third kappa shape index (κ3) is 3.84. The van der Waals surface area contributed by atoms with Crippen molar-refractivity contribution in [2.24, 2.45) is 0 Å². The Hall–Kier alpha value is -3.44. The number of esters is 1. The number of benzene rings is 3. The minimum atomic E-state index is -0.561. The summed E-state index contributed by atoms with van der Waals surface area (Å²) in [5.74, 6) is -0.851.